The first kappa shape index (κ1) is 11.0. The van der Waals surface area contributed by atoms with E-state index >= 15 is 0 Å². The molecule has 1 aromatic carbocycles. The van der Waals surface area contributed by atoms with Gasteiger partial charge in [-0.05, 0) is 49.9 Å². The molecule has 2 atom stereocenters. The highest BCUT2D eigenvalue weighted by Gasteiger charge is 2.24. The van der Waals surface area contributed by atoms with Gasteiger partial charge in [0, 0.05) is 10.2 Å². The highest BCUT2D eigenvalue weighted by molar-refractivity contribution is 9.10. The van der Waals surface area contributed by atoms with Gasteiger partial charge in [-0.3, -0.25) is 0 Å². The molecule has 1 aliphatic rings. The maximum atomic E-state index is 9.70. The van der Waals surface area contributed by atoms with E-state index in [-0.39, 0.29) is 12.1 Å². The summed E-state index contributed by atoms with van der Waals surface area (Å²) in [5.41, 5.74) is 2.31. The van der Waals surface area contributed by atoms with Crippen molar-refractivity contribution in [3.63, 3.8) is 0 Å². The first-order valence-corrected chi connectivity index (χ1v) is 6.17. The predicted molar refractivity (Wildman–Crippen MR) is 66.1 cm³/mol. The van der Waals surface area contributed by atoms with E-state index < -0.39 is 0 Å². The third kappa shape index (κ3) is 2.52. The van der Waals surface area contributed by atoms with Crippen molar-refractivity contribution in [3.8, 4) is 0 Å². The van der Waals surface area contributed by atoms with E-state index in [1.54, 1.807) is 0 Å². The predicted octanol–water partition coefficient (Wildman–Crippen LogP) is 3.08. The molecule has 15 heavy (non-hydrogen) atoms. The molecule has 0 bridgehead atoms. The van der Waals surface area contributed by atoms with E-state index in [9.17, 15) is 5.11 Å². The van der Waals surface area contributed by atoms with Gasteiger partial charge in [0.25, 0.3) is 0 Å². The van der Waals surface area contributed by atoms with Gasteiger partial charge in [-0.15, -0.1) is 0 Å². The van der Waals surface area contributed by atoms with Gasteiger partial charge in [0.15, 0.2) is 0 Å². The number of hydrogen-bond donors (Lipinski definition) is 2. The van der Waals surface area contributed by atoms with Crippen LogP contribution in [0.5, 0.6) is 0 Å². The van der Waals surface area contributed by atoms with Gasteiger partial charge in [0.05, 0.1) is 12.1 Å². The fourth-order valence-electron chi connectivity index (χ4n) is 2.06. The van der Waals surface area contributed by atoms with Crippen molar-refractivity contribution in [2.24, 2.45) is 0 Å². The summed E-state index contributed by atoms with van der Waals surface area (Å²) in [4.78, 5) is 0. The molecule has 82 valence electrons. The molecular weight excluding hydrogens is 254 g/mol. The van der Waals surface area contributed by atoms with Crippen molar-refractivity contribution in [2.75, 3.05) is 5.32 Å². The quantitative estimate of drug-likeness (QED) is 0.865. The zero-order chi connectivity index (χ0) is 10.8. The first-order chi connectivity index (χ1) is 7.16. The van der Waals surface area contributed by atoms with E-state index in [2.05, 4.69) is 34.2 Å². The van der Waals surface area contributed by atoms with Crippen LogP contribution in [0, 0.1) is 6.92 Å². The summed E-state index contributed by atoms with van der Waals surface area (Å²) in [5, 5.41) is 13.1. The summed E-state index contributed by atoms with van der Waals surface area (Å²) >= 11 is 3.48. The molecule has 0 radical (unpaired) electrons. The number of benzene rings is 1. The van der Waals surface area contributed by atoms with Gasteiger partial charge >= 0.3 is 0 Å². The molecule has 3 heteroatoms. The molecule has 1 fully saturated rings. The van der Waals surface area contributed by atoms with E-state index in [1.165, 1.54) is 5.56 Å². The van der Waals surface area contributed by atoms with Crippen molar-refractivity contribution in [1.29, 1.82) is 0 Å². The smallest absolute Gasteiger partial charge is 0.0741 e. The van der Waals surface area contributed by atoms with Crippen LogP contribution in [0.4, 0.5) is 5.69 Å². The summed E-state index contributed by atoms with van der Waals surface area (Å²) in [6.45, 7) is 2.07. The van der Waals surface area contributed by atoms with Gasteiger partial charge in [0.1, 0.15) is 0 Å². The number of aryl methyl sites for hydroxylation is 1. The van der Waals surface area contributed by atoms with Crippen molar-refractivity contribution in [1.82, 2.24) is 0 Å². The Morgan fingerprint density at radius 2 is 2.20 bits per heavy atom. The minimum Gasteiger partial charge on any atom is -0.391 e. The summed E-state index contributed by atoms with van der Waals surface area (Å²) < 4.78 is 1.13. The summed E-state index contributed by atoms with van der Waals surface area (Å²) in [5.74, 6) is 0. The Hall–Kier alpha value is -0.540. The summed E-state index contributed by atoms with van der Waals surface area (Å²) in [7, 11) is 0. The average molecular weight is 270 g/mol. The summed E-state index contributed by atoms with van der Waals surface area (Å²) in [6, 6.07) is 6.42. The topological polar surface area (TPSA) is 32.3 Å². The molecule has 0 amide bonds. The van der Waals surface area contributed by atoms with Crippen LogP contribution in [0.25, 0.3) is 0 Å². The molecule has 1 aromatic rings. The third-order valence-corrected chi connectivity index (χ3v) is 3.88. The van der Waals surface area contributed by atoms with Gasteiger partial charge in [-0.25, -0.2) is 0 Å². The fourth-order valence-corrected chi connectivity index (χ4v) is 2.30. The number of aliphatic hydroxyl groups excluding tert-OH is 1. The highest BCUT2D eigenvalue weighted by atomic mass is 79.9. The first-order valence-electron chi connectivity index (χ1n) is 5.37. The molecule has 2 unspecified atom stereocenters. The monoisotopic (exact) mass is 269 g/mol. The minimum absolute atomic E-state index is 0.186. The van der Waals surface area contributed by atoms with Crippen LogP contribution >= 0.6 is 15.9 Å². The second kappa shape index (κ2) is 4.54. The Bertz CT molecular complexity index is 353. The number of halogens is 1. The normalized spacial score (nSPS) is 25.5. The Kier molecular flexibility index (Phi) is 3.32. The maximum absolute atomic E-state index is 9.70. The van der Waals surface area contributed by atoms with Crippen LogP contribution in [0.3, 0.4) is 0 Å². The molecule has 0 saturated heterocycles. The fraction of sp³-hybridized carbons (Fsp3) is 0.500. The van der Waals surface area contributed by atoms with Gasteiger partial charge in [0.2, 0.25) is 0 Å². The zero-order valence-electron chi connectivity index (χ0n) is 8.83. The van der Waals surface area contributed by atoms with Crippen LogP contribution in [0.1, 0.15) is 24.8 Å². The Morgan fingerprint density at radius 3 is 2.80 bits per heavy atom. The van der Waals surface area contributed by atoms with Crippen molar-refractivity contribution in [2.45, 2.75) is 38.3 Å². The van der Waals surface area contributed by atoms with Crippen molar-refractivity contribution >= 4 is 21.6 Å². The van der Waals surface area contributed by atoms with Crippen molar-refractivity contribution in [3.05, 3.63) is 28.2 Å². The highest BCUT2D eigenvalue weighted by Crippen LogP contribution is 2.25. The lowest BCUT2D eigenvalue weighted by atomic mass is 10.1. The maximum Gasteiger partial charge on any atom is 0.0741 e. The molecular formula is C12H16BrNO. The number of rotatable bonds is 2. The van der Waals surface area contributed by atoms with Crippen LogP contribution in [0.15, 0.2) is 22.7 Å². The minimum atomic E-state index is -0.186. The van der Waals surface area contributed by atoms with Crippen LogP contribution in [0.2, 0.25) is 0 Å². The largest absolute Gasteiger partial charge is 0.391 e. The molecule has 2 rings (SSSR count). The Morgan fingerprint density at radius 1 is 1.40 bits per heavy atom. The molecule has 1 saturated carbocycles. The number of aliphatic hydroxyl groups is 1. The van der Waals surface area contributed by atoms with E-state index in [1.807, 2.05) is 12.1 Å². The van der Waals surface area contributed by atoms with E-state index in [4.69, 9.17) is 0 Å². The molecule has 1 aliphatic carbocycles. The second-order valence-electron chi connectivity index (χ2n) is 4.21. The van der Waals surface area contributed by atoms with Crippen molar-refractivity contribution < 1.29 is 5.11 Å². The lowest BCUT2D eigenvalue weighted by Crippen LogP contribution is -2.27. The van der Waals surface area contributed by atoms with Crippen LogP contribution in [-0.4, -0.2) is 17.3 Å². The summed E-state index contributed by atoms with van der Waals surface area (Å²) in [6.07, 6.45) is 2.92. The van der Waals surface area contributed by atoms with Crippen LogP contribution < -0.4 is 5.32 Å². The molecule has 2 nitrogen and oxygen atoms in total. The second-order valence-corrected chi connectivity index (χ2v) is 5.07. The zero-order valence-corrected chi connectivity index (χ0v) is 10.4. The standard InChI is InChI=1S/C12H16BrNO/c1-8-7-9(5-6-10(8)13)14-11-3-2-4-12(11)15/h5-7,11-12,14-15H,2-4H2,1H3. The Balaban J connectivity index is 2.07. The average Bonchev–Trinajstić information content (AvgIpc) is 2.59. The molecule has 0 spiro atoms. The molecule has 0 aromatic heterocycles. The van der Waals surface area contributed by atoms with E-state index in [0.717, 1.165) is 29.4 Å². The van der Waals surface area contributed by atoms with Gasteiger partial charge in [-0.2, -0.15) is 0 Å². The van der Waals surface area contributed by atoms with Gasteiger partial charge in [-0.1, -0.05) is 15.9 Å². The van der Waals surface area contributed by atoms with E-state index in [0.29, 0.717) is 0 Å². The number of hydrogen-bond acceptors (Lipinski definition) is 2. The molecule has 0 aliphatic heterocycles. The Labute approximate surface area is 98.8 Å². The molecule has 2 N–H and O–H groups in total. The number of anilines is 1. The van der Waals surface area contributed by atoms with Gasteiger partial charge < -0.3 is 10.4 Å². The third-order valence-electron chi connectivity index (χ3n) is 2.99. The molecule has 0 heterocycles. The SMILES string of the molecule is Cc1cc(NC2CCCC2O)ccc1Br. The lowest BCUT2D eigenvalue weighted by Gasteiger charge is -2.18. The number of nitrogens with one attached hydrogen (secondary N) is 1. The lowest BCUT2D eigenvalue weighted by molar-refractivity contribution is 0.172. The van der Waals surface area contributed by atoms with Crippen LogP contribution in [-0.2, 0) is 0 Å².